The molecule has 0 unspecified atom stereocenters. The Balaban J connectivity index is 1.70. The van der Waals surface area contributed by atoms with E-state index in [1.165, 1.54) is 4.68 Å². The van der Waals surface area contributed by atoms with E-state index in [1.807, 2.05) is 68.4 Å². The van der Waals surface area contributed by atoms with Gasteiger partial charge in [0, 0.05) is 20.4 Å². The van der Waals surface area contributed by atoms with Crippen LogP contribution in [0.15, 0.2) is 79.5 Å². The average Bonchev–Trinajstić information content (AvgIpc) is 2.83. The first kappa shape index (κ1) is 24.2. The summed E-state index contributed by atoms with van der Waals surface area (Å²) in [6, 6.07) is 19.0. The molecule has 0 amide bonds. The van der Waals surface area contributed by atoms with Gasteiger partial charge >= 0.3 is 0 Å². The highest BCUT2D eigenvalue weighted by Crippen LogP contribution is 2.33. The summed E-state index contributed by atoms with van der Waals surface area (Å²) in [5.41, 5.74) is 2.21. The number of nitrogens with zero attached hydrogens (tertiary/aromatic N) is 3. The van der Waals surface area contributed by atoms with Gasteiger partial charge in [-0.05, 0) is 51.8 Å². The van der Waals surface area contributed by atoms with Crippen molar-refractivity contribution in [1.82, 2.24) is 9.66 Å². The number of aromatic nitrogens is 2. The number of methoxy groups -OCH3 is 1. The molecule has 174 valence electrons. The first-order chi connectivity index (χ1) is 16.4. The van der Waals surface area contributed by atoms with Crippen LogP contribution in [0.1, 0.15) is 36.7 Å². The van der Waals surface area contributed by atoms with Crippen LogP contribution in [0.4, 0.5) is 0 Å². The lowest BCUT2D eigenvalue weighted by Gasteiger charge is -2.14. The Kier molecular flexibility index (Phi) is 7.48. The first-order valence-corrected chi connectivity index (χ1v) is 12.3. The zero-order chi connectivity index (χ0) is 24.2. The first-order valence-electron chi connectivity index (χ1n) is 10.7. The molecule has 0 saturated carbocycles. The predicted octanol–water partition coefficient (Wildman–Crippen LogP) is 6.51. The van der Waals surface area contributed by atoms with Crippen molar-refractivity contribution in [3.05, 3.63) is 96.9 Å². The lowest BCUT2D eigenvalue weighted by Crippen LogP contribution is -2.23. The van der Waals surface area contributed by atoms with Gasteiger partial charge in [0.25, 0.3) is 5.56 Å². The van der Waals surface area contributed by atoms with Gasteiger partial charge in [-0.2, -0.15) is 9.78 Å². The van der Waals surface area contributed by atoms with Crippen LogP contribution in [-0.2, 0) is 6.61 Å². The minimum atomic E-state index is -0.225. The second kappa shape index (κ2) is 10.5. The standard InChI is InChI=1S/C26H23Br2N3O3/c1-16(2)25-30-22-10-9-19(27)12-20(22)26(32)31(25)29-14-18-11-23(33-3)24(13-21(18)28)34-15-17-7-5-4-6-8-17/h4-14,16H,15H2,1-3H3. The SMILES string of the molecule is COc1cc(C=Nn2c(C(C)C)nc3ccc(Br)cc3c2=O)c(Br)cc1OCc1ccccc1. The van der Waals surface area contributed by atoms with Crippen molar-refractivity contribution in [2.24, 2.45) is 5.10 Å². The van der Waals surface area contributed by atoms with E-state index < -0.39 is 0 Å². The van der Waals surface area contributed by atoms with Crippen LogP contribution < -0.4 is 15.0 Å². The summed E-state index contributed by atoms with van der Waals surface area (Å²) >= 11 is 7.02. The van der Waals surface area contributed by atoms with Crippen LogP contribution in [0.3, 0.4) is 0 Å². The van der Waals surface area contributed by atoms with Gasteiger partial charge in [0.1, 0.15) is 12.4 Å². The molecule has 0 radical (unpaired) electrons. The molecule has 0 aliphatic heterocycles. The van der Waals surface area contributed by atoms with E-state index in [2.05, 4.69) is 41.9 Å². The van der Waals surface area contributed by atoms with E-state index in [-0.39, 0.29) is 11.5 Å². The fourth-order valence-electron chi connectivity index (χ4n) is 3.43. The minimum Gasteiger partial charge on any atom is -0.493 e. The summed E-state index contributed by atoms with van der Waals surface area (Å²) in [6.07, 6.45) is 1.62. The molecule has 1 aromatic heterocycles. The van der Waals surface area contributed by atoms with Crippen molar-refractivity contribution < 1.29 is 9.47 Å². The third-order valence-corrected chi connectivity index (χ3v) is 6.36. The number of benzene rings is 3. The van der Waals surface area contributed by atoms with E-state index in [0.29, 0.717) is 34.8 Å². The monoisotopic (exact) mass is 583 g/mol. The summed E-state index contributed by atoms with van der Waals surface area (Å²) in [4.78, 5) is 17.9. The molecular formula is C26H23Br2N3O3. The third-order valence-electron chi connectivity index (χ3n) is 5.18. The lowest BCUT2D eigenvalue weighted by molar-refractivity contribution is 0.284. The molecular weight excluding hydrogens is 562 g/mol. The topological polar surface area (TPSA) is 65.7 Å². The molecule has 4 rings (SSSR count). The molecule has 0 N–H and O–H groups in total. The molecule has 4 aromatic rings. The minimum absolute atomic E-state index is 0.00429. The van der Waals surface area contributed by atoms with Crippen molar-refractivity contribution in [2.75, 3.05) is 7.11 Å². The number of halogens is 2. The zero-order valence-electron chi connectivity index (χ0n) is 19.0. The number of fused-ring (bicyclic) bond motifs is 1. The van der Waals surface area contributed by atoms with Crippen LogP contribution in [0.2, 0.25) is 0 Å². The Morgan fingerprint density at radius 3 is 2.53 bits per heavy atom. The van der Waals surface area contributed by atoms with Gasteiger partial charge < -0.3 is 9.47 Å². The smallest absolute Gasteiger partial charge is 0.282 e. The Labute approximate surface area is 214 Å². The van der Waals surface area contributed by atoms with Crippen molar-refractivity contribution in [3.8, 4) is 11.5 Å². The van der Waals surface area contributed by atoms with Crippen LogP contribution in [0.25, 0.3) is 10.9 Å². The van der Waals surface area contributed by atoms with Gasteiger partial charge in [-0.1, -0.05) is 60.1 Å². The molecule has 1 heterocycles. The zero-order valence-corrected chi connectivity index (χ0v) is 22.1. The molecule has 0 bridgehead atoms. The predicted molar refractivity (Wildman–Crippen MR) is 142 cm³/mol. The lowest BCUT2D eigenvalue weighted by atomic mass is 10.2. The van der Waals surface area contributed by atoms with Gasteiger partial charge in [-0.15, -0.1) is 0 Å². The molecule has 0 aliphatic rings. The maximum Gasteiger partial charge on any atom is 0.282 e. The largest absolute Gasteiger partial charge is 0.493 e. The molecule has 34 heavy (non-hydrogen) atoms. The maximum atomic E-state index is 13.2. The van der Waals surface area contributed by atoms with E-state index in [4.69, 9.17) is 9.47 Å². The summed E-state index contributed by atoms with van der Waals surface area (Å²) in [5.74, 6) is 1.76. The third kappa shape index (κ3) is 5.23. The normalized spacial score (nSPS) is 11.5. The van der Waals surface area contributed by atoms with Crippen molar-refractivity contribution in [2.45, 2.75) is 26.4 Å². The van der Waals surface area contributed by atoms with Gasteiger partial charge in [0.2, 0.25) is 0 Å². The second-order valence-electron chi connectivity index (χ2n) is 7.95. The summed E-state index contributed by atoms with van der Waals surface area (Å²) in [6.45, 7) is 4.38. The van der Waals surface area contributed by atoms with Gasteiger partial charge in [0.05, 0.1) is 24.2 Å². The molecule has 0 spiro atoms. The number of hydrogen-bond acceptors (Lipinski definition) is 5. The van der Waals surface area contributed by atoms with Gasteiger partial charge in [-0.25, -0.2) is 4.98 Å². The number of rotatable bonds is 7. The van der Waals surface area contributed by atoms with Crippen LogP contribution in [0, 0.1) is 0 Å². The Bertz CT molecular complexity index is 1420. The fourth-order valence-corrected chi connectivity index (χ4v) is 4.21. The average molecular weight is 585 g/mol. The summed E-state index contributed by atoms with van der Waals surface area (Å²) < 4.78 is 14.4. The summed E-state index contributed by atoms with van der Waals surface area (Å²) in [7, 11) is 1.59. The Morgan fingerprint density at radius 2 is 1.82 bits per heavy atom. The second-order valence-corrected chi connectivity index (χ2v) is 9.72. The molecule has 0 aliphatic carbocycles. The van der Waals surface area contributed by atoms with Crippen LogP contribution >= 0.6 is 31.9 Å². The quantitative estimate of drug-likeness (QED) is 0.232. The molecule has 8 heteroatoms. The molecule has 0 atom stereocenters. The highest BCUT2D eigenvalue weighted by molar-refractivity contribution is 9.10. The highest BCUT2D eigenvalue weighted by atomic mass is 79.9. The highest BCUT2D eigenvalue weighted by Gasteiger charge is 2.15. The maximum absolute atomic E-state index is 13.2. The Morgan fingerprint density at radius 1 is 1.06 bits per heavy atom. The van der Waals surface area contributed by atoms with E-state index in [1.54, 1.807) is 19.4 Å². The number of ether oxygens (including phenoxy) is 2. The summed E-state index contributed by atoms with van der Waals surface area (Å²) in [5, 5.41) is 5.01. The van der Waals surface area contributed by atoms with Gasteiger partial charge in [0.15, 0.2) is 11.5 Å². The molecule has 0 fully saturated rings. The van der Waals surface area contributed by atoms with E-state index in [0.717, 1.165) is 20.1 Å². The van der Waals surface area contributed by atoms with E-state index in [9.17, 15) is 4.79 Å². The molecule has 6 nitrogen and oxygen atoms in total. The Hall–Kier alpha value is -2.97. The molecule has 3 aromatic carbocycles. The fraction of sp³-hybridized carbons (Fsp3) is 0.192. The van der Waals surface area contributed by atoms with Crippen LogP contribution in [-0.4, -0.2) is 23.0 Å². The van der Waals surface area contributed by atoms with Crippen molar-refractivity contribution >= 4 is 49.0 Å². The van der Waals surface area contributed by atoms with E-state index >= 15 is 0 Å². The van der Waals surface area contributed by atoms with Crippen LogP contribution in [0.5, 0.6) is 11.5 Å². The number of hydrogen-bond donors (Lipinski definition) is 0. The van der Waals surface area contributed by atoms with Gasteiger partial charge in [-0.3, -0.25) is 4.79 Å². The van der Waals surface area contributed by atoms with Crippen molar-refractivity contribution in [1.29, 1.82) is 0 Å². The van der Waals surface area contributed by atoms with Crippen molar-refractivity contribution in [3.63, 3.8) is 0 Å². The molecule has 0 saturated heterocycles.